The van der Waals surface area contributed by atoms with Gasteiger partial charge in [0.1, 0.15) is 0 Å². The zero-order valence-corrected chi connectivity index (χ0v) is 13.4. The van der Waals surface area contributed by atoms with E-state index in [2.05, 4.69) is 4.89 Å². The minimum absolute atomic E-state index is 0. The van der Waals surface area contributed by atoms with Crippen molar-refractivity contribution in [1.82, 2.24) is 0 Å². The summed E-state index contributed by atoms with van der Waals surface area (Å²) >= 11 is 0. The molecule has 6 nitrogen and oxygen atoms in total. The third-order valence-electron chi connectivity index (χ3n) is 1.06. The van der Waals surface area contributed by atoms with Gasteiger partial charge in [0.2, 0.25) is 0 Å². The maximum atomic E-state index is 9.76. The Morgan fingerprint density at radius 1 is 1.33 bits per heavy atom. The molecule has 2 N–H and O–H groups in total. The zero-order valence-electron chi connectivity index (χ0n) is 10.4. The van der Waals surface area contributed by atoms with Gasteiger partial charge in [-0.2, -0.15) is 5.26 Å². The van der Waals surface area contributed by atoms with Crippen LogP contribution < -0.4 is 64.2 Å². The standard InChI is InChI=1S/C6H12O2.CH2O4.2Na.H/c1-2-3-4-5-6(7)8;2-1(3)5-4;;;/h2-5H2,1H3,(H,7,8);4H,(H,2,3);;;/q;;2*+1;-1/p-1. The predicted octanol–water partition coefficient (Wildman–Crippen LogP) is -5.41. The molecule has 8 heteroatoms. The van der Waals surface area contributed by atoms with Crippen molar-refractivity contribution in [2.24, 2.45) is 0 Å². The van der Waals surface area contributed by atoms with E-state index in [0.717, 1.165) is 19.3 Å². The van der Waals surface area contributed by atoms with E-state index in [0.29, 0.717) is 0 Å². The van der Waals surface area contributed by atoms with Gasteiger partial charge >= 0.3 is 65.3 Å². The first-order valence-corrected chi connectivity index (χ1v) is 3.78. The summed E-state index contributed by atoms with van der Waals surface area (Å²) < 4.78 is 0. The van der Waals surface area contributed by atoms with Gasteiger partial charge in [-0.15, -0.1) is 0 Å². The Morgan fingerprint density at radius 3 is 1.93 bits per heavy atom. The molecule has 15 heavy (non-hydrogen) atoms. The molecule has 0 aromatic heterocycles. The molecular weight excluding hydrogens is 226 g/mol. The topological polar surface area (TPSA) is 107 Å². The number of rotatable bonds is 4. The van der Waals surface area contributed by atoms with Crippen LogP contribution in [0.4, 0.5) is 4.79 Å². The van der Waals surface area contributed by atoms with Gasteiger partial charge in [0.25, 0.3) is 0 Å². The summed E-state index contributed by atoms with van der Waals surface area (Å²) in [5, 5.41) is 24.1. The summed E-state index contributed by atoms with van der Waals surface area (Å²) in [6.07, 6.45) is 1.35. The zero-order chi connectivity index (χ0) is 10.7. The van der Waals surface area contributed by atoms with Crippen LogP contribution in [0.25, 0.3) is 0 Å². The third-order valence-corrected chi connectivity index (χ3v) is 1.06. The molecular formula is C7H14Na2O6. The minimum Gasteiger partial charge on any atom is -1.00 e. The Kier molecular flexibility index (Phi) is 33.3. The van der Waals surface area contributed by atoms with Crippen molar-refractivity contribution in [3.63, 3.8) is 0 Å². The van der Waals surface area contributed by atoms with Gasteiger partial charge in [-0.3, -0.25) is 4.89 Å². The second-order valence-electron chi connectivity index (χ2n) is 2.19. The van der Waals surface area contributed by atoms with Crippen molar-refractivity contribution in [3.05, 3.63) is 0 Å². The smallest absolute Gasteiger partial charge is 1.00 e. The summed E-state index contributed by atoms with van der Waals surface area (Å²) in [5.41, 5.74) is 0. The van der Waals surface area contributed by atoms with Gasteiger partial charge in [0.05, 0.1) is 0 Å². The van der Waals surface area contributed by atoms with E-state index in [1.165, 1.54) is 0 Å². The molecule has 0 aliphatic rings. The summed E-state index contributed by atoms with van der Waals surface area (Å²) in [4.78, 5) is 21.3. The largest absolute Gasteiger partial charge is 1.00 e. The number of carboxylic acid groups (broad SMARTS) is 2. The molecule has 0 aliphatic carbocycles. The molecule has 0 aromatic rings. The van der Waals surface area contributed by atoms with Gasteiger partial charge in [-0.1, -0.05) is 19.8 Å². The van der Waals surface area contributed by atoms with Crippen LogP contribution in [0, 0.1) is 0 Å². The van der Waals surface area contributed by atoms with E-state index in [-0.39, 0.29) is 67.0 Å². The van der Waals surface area contributed by atoms with Crippen LogP contribution in [0.5, 0.6) is 0 Å². The van der Waals surface area contributed by atoms with Crippen LogP contribution >= 0.6 is 0 Å². The molecule has 0 spiro atoms. The number of carbonyl (C=O) groups is 2. The van der Waals surface area contributed by atoms with Crippen molar-refractivity contribution in [1.29, 1.82) is 0 Å². The van der Waals surface area contributed by atoms with Crippen LogP contribution in [0.3, 0.4) is 0 Å². The van der Waals surface area contributed by atoms with E-state index < -0.39 is 12.1 Å². The van der Waals surface area contributed by atoms with E-state index in [1.54, 1.807) is 0 Å². The number of hydrogen-bond donors (Lipinski definition) is 2. The molecule has 0 saturated heterocycles. The molecule has 0 radical (unpaired) electrons. The number of carboxylic acids is 1. The molecule has 80 valence electrons. The molecule has 0 saturated carbocycles. The molecule has 0 amide bonds. The fourth-order valence-electron chi connectivity index (χ4n) is 0.519. The predicted molar refractivity (Wildman–Crippen MR) is 42.0 cm³/mol. The van der Waals surface area contributed by atoms with Gasteiger partial charge in [-0.25, -0.2) is 4.79 Å². The number of carbonyl (C=O) groups excluding carboxylic acids is 1. The normalized spacial score (nSPS) is 7.07. The van der Waals surface area contributed by atoms with Crippen molar-refractivity contribution in [2.75, 3.05) is 0 Å². The Morgan fingerprint density at radius 2 is 1.73 bits per heavy atom. The van der Waals surface area contributed by atoms with E-state index in [4.69, 9.17) is 15.2 Å². The molecule has 0 atom stereocenters. The fraction of sp³-hybridized carbons (Fsp3) is 0.714. The molecule has 0 fully saturated rings. The average Bonchev–Trinajstić information content (AvgIpc) is 2.05. The number of aliphatic carboxylic acids is 1. The van der Waals surface area contributed by atoms with Crippen molar-refractivity contribution < 1.29 is 90.5 Å². The first-order valence-electron chi connectivity index (χ1n) is 3.78. The molecule has 0 rings (SSSR count). The van der Waals surface area contributed by atoms with Gasteiger partial charge in [0, 0.05) is 5.97 Å². The number of unbranched alkanes of at least 4 members (excludes halogenated alkanes) is 2. The first-order chi connectivity index (χ1) is 6.04. The molecule has 0 heterocycles. The van der Waals surface area contributed by atoms with Crippen molar-refractivity contribution in [3.8, 4) is 0 Å². The Hall–Kier alpha value is 0.700. The van der Waals surface area contributed by atoms with Gasteiger partial charge in [0.15, 0.2) is 0 Å². The SMILES string of the molecule is CCCCCC(=O)[O-].O=C(O)OO.[H-].[Na+].[Na+]. The van der Waals surface area contributed by atoms with Crippen LogP contribution in [0.1, 0.15) is 34.0 Å². The minimum atomic E-state index is -1.69. The van der Waals surface area contributed by atoms with Crippen LogP contribution in [0.15, 0.2) is 0 Å². The van der Waals surface area contributed by atoms with E-state index in [1.807, 2.05) is 6.92 Å². The first kappa shape index (κ1) is 24.8. The summed E-state index contributed by atoms with van der Waals surface area (Å²) in [6.45, 7) is 2.04. The Labute approximate surface area is 134 Å². The molecule has 0 aromatic carbocycles. The maximum absolute atomic E-state index is 9.76. The van der Waals surface area contributed by atoms with Gasteiger partial charge in [-0.05, 0) is 12.8 Å². The van der Waals surface area contributed by atoms with Crippen molar-refractivity contribution >= 4 is 12.1 Å². The van der Waals surface area contributed by atoms with Crippen LogP contribution in [-0.2, 0) is 9.68 Å². The molecule has 0 unspecified atom stereocenters. The maximum Gasteiger partial charge on any atom is 1.00 e. The van der Waals surface area contributed by atoms with Crippen LogP contribution in [0.2, 0.25) is 0 Å². The summed E-state index contributed by atoms with van der Waals surface area (Å²) in [7, 11) is 0. The van der Waals surface area contributed by atoms with Crippen molar-refractivity contribution in [2.45, 2.75) is 32.6 Å². The Bertz CT molecular complexity index is 158. The van der Waals surface area contributed by atoms with Gasteiger partial charge < -0.3 is 16.4 Å². The average molecular weight is 240 g/mol. The summed E-state index contributed by atoms with van der Waals surface area (Å²) in [6, 6.07) is 0. The monoisotopic (exact) mass is 240 g/mol. The van der Waals surface area contributed by atoms with E-state index in [9.17, 15) is 9.90 Å². The fourth-order valence-corrected chi connectivity index (χ4v) is 0.519. The Balaban J connectivity index is -0.0000000454. The summed E-state index contributed by atoms with van der Waals surface area (Å²) in [5.74, 6) is -0.932. The van der Waals surface area contributed by atoms with Crippen LogP contribution in [-0.4, -0.2) is 22.5 Å². The number of hydrogen-bond acceptors (Lipinski definition) is 5. The second kappa shape index (κ2) is 20.2. The third kappa shape index (κ3) is 40.0. The quantitative estimate of drug-likeness (QED) is 0.220. The van der Waals surface area contributed by atoms with E-state index >= 15 is 0 Å². The molecule has 0 aliphatic heterocycles. The molecule has 0 bridgehead atoms. The second-order valence-corrected chi connectivity index (χ2v) is 2.19.